The van der Waals surface area contributed by atoms with Crippen molar-refractivity contribution < 1.29 is 24.2 Å². The second-order valence-corrected chi connectivity index (χ2v) is 6.88. The summed E-state index contributed by atoms with van der Waals surface area (Å²) in [4.78, 5) is 39.7. The van der Waals surface area contributed by atoms with Crippen LogP contribution in [-0.4, -0.2) is 42.1 Å². The number of rotatable bonds is 3. The number of anilines is 2. The van der Waals surface area contributed by atoms with Gasteiger partial charge in [0.2, 0.25) is 12.0 Å². The minimum absolute atomic E-state index is 0.0719. The molecule has 1 N–H and O–H groups in total. The molecular formula is C21H20N2O5. The molecule has 2 aliphatic rings. The fourth-order valence-corrected chi connectivity index (χ4v) is 3.57. The maximum atomic E-state index is 13.1. The van der Waals surface area contributed by atoms with E-state index in [2.05, 4.69) is 0 Å². The number of aliphatic carboxylic acids is 1. The van der Waals surface area contributed by atoms with E-state index in [0.29, 0.717) is 30.0 Å². The first-order valence-electron chi connectivity index (χ1n) is 9.25. The molecule has 0 aromatic heterocycles. The molecule has 1 atom stereocenters. The molecule has 0 bridgehead atoms. The number of carbonyl (C=O) groups excluding carboxylic acids is 2. The van der Waals surface area contributed by atoms with Crippen LogP contribution in [0.25, 0.3) is 0 Å². The zero-order valence-electron chi connectivity index (χ0n) is 15.2. The molecule has 2 aromatic carbocycles. The van der Waals surface area contributed by atoms with Crippen molar-refractivity contribution in [3.63, 3.8) is 0 Å². The summed E-state index contributed by atoms with van der Waals surface area (Å²) in [6.45, 7) is 0.612. The van der Waals surface area contributed by atoms with Crippen LogP contribution in [0.3, 0.4) is 0 Å². The second-order valence-electron chi connectivity index (χ2n) is 6.88. The van der Waals surface area contributed by atoms with Gasteiger partial charge in [-0.25, -0.2) is 4.79 Å². The largest absolute Gasteiger partial charge is 0.478 e. The highest BCUT2D eigenvalue weighted by atomic mass is 16.5. The number of amides is 2. The number of carboxylic acid groups (broad SMARTS) is 1. The molecule has 1 saturated heterocycles. The number of fused-ring (bicyclic) bond motifs is 1. The Kier molecular flexibility index (Phi) is 4.73. The maximum absolute atomic E-state index is 13.1. The summed E-state index contributed by atoms with van der Waals surface area (Å²) < 4.78 is 5.48. The first-order valence-corrected chi connectivity index (χ1v) is 9.25. The highest BCUT2D eigenvalue weighted by Crippen LogP contribution is 2.34. The molecule has 1 fully saturated rings. The quantitative estimate of drug-likeness (QED) is 0.885. The maximum Gasteiger partial charge on any atom is 0.346 e. The Bertz CT molecular complexity index is 925. The molecular weight excluding hydrogens is 360 g/mol. The van der Waals surface area contributed by atoms with Crippen LogP contribution in [0.4, 0.5) is 11.4 Å². The van der Waals surface area contributed by atoms with E-state index in [0.717, 1.165) is 18.5 Å². The van der Waals surface area contributed by atoms with Gasteiger partial charge in [-0.2, -0.15) is 0 Å². The number of ether oxygens (including phenoxy) is 1. The third-order valence-electron chi connectivity index (χ3n) is 5.04. The number of benzene rings is 2. The standard InChI is InChI=1S/C21H20N2O5/c24-19-7-3-4-12-22(19)15-10-8-14(9-11-15)20(25)23-13-18(21(26)27)28-17-6-2-1-5-16(17)23/h1-2,5-6,8-11,18H,3-4,7,12-13H2,(H,26,27)/t18-/m0/s1. The Balaban J connectivity index is 1.60. The lowest BCUT2D eigenvalue weighted by molar-refractivity contribution is -0.144. The molecule has 2 aromatic rings. The fourth-order valence-electron chi connectivity index (χ4n) is 3.57. The lowest BCUT2D eigenvalue weighted by Gasteiger charge is -2.33. The molecule has 7 nitrogen and oxygen atoms in total. The summed E-state index contributed by atoms with van der Waals surface area (Å²) in [5.74, 6) is -0.966. The molecule has 4 rings (SSSR count). The van der Waals surface area contributed by atoms with E-state index < -0.39 is 12.1 Å². The van der Waals surface area contributed by atoms with Gasteiger partial charge < -0.3 is 19.6 Å². The van der Waals surface area contributed by atoms with Gasteiger partial charge in [0.15, 0.2) is 0 Å². The van der Waals surface area contributed by atoms with Gasteiger partial charge in [-0.3, -0.25) is 9.59 Å². The Morgan fingerprint density at radius 3 is 2.50 bits per heavy atom. The van der Waals surface area contributed by atoms with Crippen LogP contribution >= 0.6 is 0 Å². The number of para-hydroxylation sites is 2. The van der Waals surface area contributed by atoms with Crippen molar-refractivity contribution in [1.82, 2.24) is 0 Å². The normalized spacial score (nSPS) is 19.0. The minimum Gasteiger partial charge on any atom is -0.478 e. The average molecular weight is 380 g/mol. The van der Waals surface area contributed by atoms with Gasteiger partial charge >= 0.3 is 5.97 Å². The first-order chi connectivity index (χ1) is 13.5. The van der Waals surface area contributed by atoms with Crippen LogP contribution in [0.2, 0.25) is 0 Å². The monoisotopic (exact) mass is 380 g/mol. The molecule has 0 spiro atoms. The van der Waals surface area contributed by atoms with Crippen molar-refractivity contribution >= 4 is 29.2 Å². The highest BCUT2D eigenvalue weighted by molar-refractivity contribution is 6.08. The molecule has 0 unspecified atom stereocenters. The molecule has 0 radical (unpaired) electrons. The number of carboxylic acids is 1. The highest BCUT2D eigenvalue weighted by Gasteiger charge is 2.34. The predicted molar refractivity (Wildman–Crippen MR) is 103 cm³/mol. The van der Waals surface area contributed by atoms with Crippen LogP contribution in [-0.2, 0) is 9.59 Å². The molecule has 2 amide bonds. The fraction of sp³-hybridized carbons (Fsp3) is 0.286. The van der Waals surface area contributed by atoms with Gasteiger partial charge in [0.05, 0.1) is 12.2 Å². The van der Waals surface area contributed by atoms with Crippen molar-refractivity contribution in [2.24, 2.45) is 0 Å². The Hall–Kier alpha value is -3.35. The molecule has 28 heavy (non-hydrogen) atoms. The SMILES string of the molecule is O=C(O)[C@@H]1CN(C(=O)c2ccc(N3CCCCC3=O)cc2)c2ccccc2O1. The predicted octanol–water partition coefficient (Wildman–Crippen LogP) is 2.70. The molecule has 2 heterocycles. The van der Waals surface area contributed by atoms with Crippen LogP contribution in [0, 0.1) is 0 Å². The van der Waals surface area contributed by atoms with Crippen LogP contribution < -0.4 is 14.5 Å². The summed E-state index contributed by atoms with van der Waals surface area (Å²) in [7, 11) is 0. The number of hydrogen-bond donors (Lipinski definition) is 1. The van der Waals surface area contributed by atoms with E-state index in [9.17, 15) is 19.5 Å². The van der Waals surface area contributed by atoms with Gasteiger partial charge in [-0.15, -0.1) is 0 Å². The van der Waals surface area contributed by atoms with E-state index >= 15 is 0 Å². The van der Waals surface area contributed by atoms with Crippen molar-refractivity contribution in [3.05, 3.63) is 54.1 Å². The van der Waals surface area contributed by atoms with Gasteiger partial charge in [-0.1, -0.05) is 12.1 Å². The number of piperidine rings is 1. The van der Waals surface area contributed by atoms with Crippen LogP contribution in [0.15, 0.2) is 48.5 Å². The van der Waals surface area contributed by atoms with E-state index in [1.807, 2.05) is 0 Å². The average Bonchev–Trinajstić information content (AvgIpc) is 2.73. The van der Waals surface area contributed by atoms with E-state index in [4.69, 9.17) is 4.74 Å². The molecule has 0 saturated carbocycles. The summed E-state index contributed by atoms with van der Waals surface area (Å²) in [6.07, 6.45) is 1.30. The lowest BCUT2D eigenvalue weighted by atomic mass is 10.1. The van der Waals surface area contributed by atoms with E-state index in [-0.39, 0.29) is 18.4 Å². The zero-order chi connectivity index (χ0) is 19.7. The summed E-state index contributed by atoms with van der Waals surface area (Å²) in [5.41, 5.74) is 1.74. The third-order valence-corrected chi connectivity index (χ3v) is 5.04. The van der Waals surface area contributed by atoms with Gasteiger partial charge in [-0.05, 0) is 49.2 Å². The Morgan fingerprint density at radius 1 is 1.04 bits per heavy atom. The number of nitrogens with zero attached hydrogens (tertiary/aromatic N) is 2. The van der Waals surface area contributed by atoms with Crippen molar-refractivity contribution in [2.45, 2.75) is 25.4 Å². The minimum atomic E-state index is -1.12. The van der Waals surface area contributed by atoms with Crippen molar-refractivity contribution in [3.8, 4) is 5.75 Å². The number of carbonyl (C=O) groups is 3. The molecule has 7 heteroatoms. The Labute approximate surface area is 162 Å². The second kappa shape index (κ2) is 7.34. The third kappa shape index (κ3) is 3.31. The topological polar surface area (TPSA) is 87.2 Å². The molecule has 0 aliphatic carbocycles. The van der Waals surface area contributed by atoms with Gasteiger partial charge in [0, 0.05) is 24.2 Å². The van der Waals surface area contributed by atoms with Gasteiger partial charge in [0.1, 0.15) is 5.75 Å². The van der Waals surface area contributed by atoms with Crippen molar-refractivity contribution in [2.75, 3.05) is 22.9 Å². The van der Waals surface area contributed by atoms with Gasteiger partial charge in [0.25, 0.3) is 5.91 Å². The van der Waals surface area contributed by atoms with E-state index in [1.165, 1.54) is 4.90 Å². The van der Waals surface area contributed by atoms with Crippen LogP contribution in [0.1, 0.15) is 29.6 Å². The number of hydrogen-bond acceptors (Lipinski definition) is 4. The first kappa shape index (κ1) is 18.0. The summed E-state index contributed by atoms with van der Waals surface area (Å²) in [5, 5.41) is 9.34. The van der Waals surface area contributed by atoms with Crippen LogP contribution in [0.5, 0.6) is 5.75 Å². The summed E-state index contributed by atoms with van der Waals surface area (Å²) >= 11 is 0. The molecule has 144 valence electrons. The van der Waals surface area contributed by atoms with E-state index in [1.54, 1.807) is 53.4 Å². The van der Waals surface area contributed by atoms with Crippen molar-refractivity contribution in [1.29, 1.82) is 0 Å². The smallest absolute Gasteiger partial charge is 0.346 e. The molecule has 2 aliphatic heterocycles. The Morgan fingerprint density at radius 2 is 1.79 bits per heavy atom. The zero-order valence-corrected chi connectivity index (χ0v) is 15.2. The summed E-state index contributed by atoms with van der Waals surface area (Å²) in [6, 6.07) is 13.8. The lowest BCUT2D eigenvalue weighted by Crippen LogP contribution is -2.47.